The minimum Gasteiger partial charge on any atom is -0.352 e. The third-order valence-electron chi connectivity index (χ3n) is 3.44. The number of para-hydroxylation sites is 1. The molecule has 4 heteroatoms. The molecule has 1 amide bonds. The zero-order chi connectivity index (χ0) is 14.4. The van der Waals surface area contributed by atoms with Gasteiger partial charge < -0.3 is 11.1 Å². The highest BCUT2D eigenvalue weighted by Crippen LogP contribution is 2.15. The van der Waals surface area contributed by atoms with Crippen molar-refractivity contribution in [2.24, 2.45) is 11.7 Å². The maximum absolute atomic E-state index is 12.2. The highest BCUT2D eigenvalue weighted by Gasteiger charge is 2.10. The van der Waals surface area contributed by atoms with Crippen LogP contribution in [0.3, 0.4) is 0 Å². The molecule has 2 rings (SSSR count). The summed E-state index contributed by atoms with van der Waals surface area (Å²) in [4.78, 5) is 16.5. The Balaban J connectivity index is 1.98. The van der Waals surface area contributed by atoms with Gasteiger partial charge in [0, 0.05) is 18.1 Å². The summed E-state index contributed by atoms with van der Waals surface area (Å²) in [5.74, 6) is 0.445. The summed E-state index contributed by atoms with van der Waals surface area (Å²) in [7, 11) is 0. The number of nitrogens with zero attached hydrogens (tertiary/aromatic N) is 1. The SMILES string of the molecule is CC(CN)CCCNC(=O)c1cccc2cccnc12. The zero-order valence-corrected chi connectivity index (χ0v) is 11.8. The van der Waals surface area contributed by atoms with Gasteiger partial charge in [-0.2, -0.15) is 0 Å². The largest absolute Gasteiger partial charge is 0.352 e. The molecule has 0 saturated carbocycles. The minimum absolute atomic E-state index is 0.0605. The number of carbonyl (C=O) groups excluding carboxylic acids is 1. The lowest BCUT2D eigenvalue weighted by molar-refractivity contribution is 0.0954. The Kier molecular flexibility index (Phi) is 5.07. The van der Waals surface area contributed by atoms with Gasteiger partial charge in [-0.25, -0.2) is 0 Å². The summed E-state index contributed by atoms with van der Waals surface area (Å²) >= 11 is 0. The van der Waals surface area contributed by atoms with Crippen LogP contribution in [0.1, 0.15) is 30.1 Å². The van der Waals surface area contributed by atoms with Crippen LogP contribution in [0.2, 0.25) is 0 Å². The summed E-state index contributed by atoms with van der Waals surface area (Å²) in [5.41, 5.74) is 6.96. The quantitative estimate of drug-likeness (QED) is 0.792. The fraction of sp³-hybridized carbons (Fsp3) is 0.375. The van der Waals surface area contributed by atoms with E-state index < -0.39 is 0 Å². The predicted molar refractivity (Wildman–Crippen MR) is 81.5 cm³/mol. The van der Waals surface area contributed by atoms with Crippen LogP contribution in [0.15, 0.2) is 36.5 Å². The molecule has 20 heavy (non-hydrogen) atoms. The molecular formula is C16H21N3O. The van der Waals surface area contributed by atoms with Crippen molar-refractivity contribution < 1.29 is 4.79 Å². The number of rotatable bonds is 6. The number of carbonyl (C=O) groups is 1. The van der Waals surface area contributed by atoms with Crippen LogP contribution in [-0.2, 0) is 0 Å². The first-order valence-electron chi connectivity index (χ1n) is 7.04. The minimum atomic E-state index is -0.0605. The molecule has 0 radical (unpaired) electrons. The smallest absolute Gasteiger partial charge is 0.253 e. The Morgan fingerprint density at radius 2 is 2.15 bits per heavy atom. The van der Waals surface area contributed by atoms with Gasteiger partial charge in [-0.3, -0.25) is 9.78 Å². The molecule has 3 N–H and O–H groups in total. The van der Waals surface area contributed by atoms with Gasteiger partial charge in [-0.1, -0.05) is 25.1 Å². The average molecular weight is 271 g/mol. The molecule has 0 fully saturated rings. The lowest BCUT2D eigenvalue weighted by Gasteiger charge is -2.09. The van der Waals surface area contributed by atoms with Crippen LogP contribution < -0.4 is 11.1 Å². The summed E-state index contributed by atoms with van der Waals surface area (Å²) in [6.45, 7) is 3.49. The van der Waals surface area contributed by atoms with Gasteiger partial charge in [-0.05, 0) is 37.4 Å². The van der Waals surface area contributed by atoms with Crippen molar-refractivity contribution in [3.05, 3.63) is 42.1 Å². The molecule has 0 spiro atoms. The molecule has 0 aliphatic heterocycles. The maximum Gasteiger partial charge on any atom is 0.253 e. The van der Waals surface area contributed by atoms with E-state index in [1.165, 1.54) is 0 Å². The highest BCUT2D eigenvalue weighted by molar-refractivity contribution is 6.05. The van der Waals surface area contributed by atoms with Gasteiger partial charge in [0.25, 0.3) is 5.91 Å². The Morgan fingerprint density at radius 1 is 1.35 bits per heavy atom. The highest BCUT2D eigenvalue weighted by atomic mass is 16.1. The fourth-order valence-corrected chi connectivity index (χ4v) is 2.15. The molecule has 1 heterocycles. The fourth-order valence-electron chi connectivity index (χ4n) is 2.15. The molecule has 106 valence electrons. The summed E-state index contributed by atoms with van der Waals surface area (Å²) < 4.78 is 0. The molecule has 4 nitrogen and oxygen atoms in total. The van der Waals surface area contributed by atoms with Gasteiger partial charge in [0.1, 0.15) is 0 Å². The van der Waals surface area contributed by atoms with E-state index in [0.29, 0.717) is 24.6 Å². The standard InChI is InChI=1S/C16H21N3O/c1-12(11-17)5-3-10-19-16(20)14-8-2-6-13-7-4-9-18-15(13)14/h2,4,6-9,12H,3,5,10-11,17H2,1H3,(H,19,20). The molecule has 0 aliphatic carbocycles. The van der Waals surface area contributed by atoms with Crippen LogP contribution in [-0.4, -0.2) is 24.0 Å². The van der Waals surface area contributed by atoms with E-state index in [1.54, 1.807) is 6.20 Å². The lowest BCUT2D eigenvalue weighted by Crippen LogP contribution is -2.25. The van der Waals surface area contributed by atoms with Crippen molar-refractivity contribution in [2.75, 3.05) is 13.1 Å². The van der Waals surface area contributed by atoms with Crippen molar-refractivity contribution in [3.63, 3.8) is 0 Å². The number of pyridine rings is 1. The zero-order valence-electron chi connectivity index (χ0n) is 11.8. The second-order valence-electron chi connectivity index (χ2n) is 5.12. The third-order valence-corrected chi connectivity index (χ3v) is 3.44. The normalized spacial score (nSPS) is 12.3. The lowest BCUT2D eigenvalue weighted by atomic mass is 10.1. The average Bonchev–Trinajstić information content (AvgIpc) is 2.50. The van der Waals surface area contributed by atoms with Gasteiger partial charge >= 0.3 is 0 Å². The van der Waals surface area contributed by atoms with Crippen molar-refractivity contribution in [3.8, 4) is 0 Å². The molecule has 1 unspecified atom stereocenters. The van der Waals surface area contributed by atoms with Gasteiger partial charge in [0.05, 0.1) is 11.1 Å². The second kappa shape index (κ2) is 7.01. The van der Waals surface area contributed by atoms with E-state index in [-0.39, 0.29) is 5.91 Å². The predicted octanol–water partition coefficient (Wildman–Crippen LogP) is 2.34. The van der Waals surface area contributed by atoms with Crippen molar-refractivity contribution in [1.29, 1.82) is 0 Å². The van der Waals surface area contributed by atoms with Crippen molar-refractivity contribution in [2.45, 2.75) is 19.8 Å². The number of hydrogen-bond acceptors (Lipinski definition) is 3. The number of amides is 1. The molecule has 0 saturated heterocycles. The molecule has 0 bridgehead atoms. The first-order chi connectivity index (χ1) is 9.72. The number of nitrogens with one attached hydrogen (secondary N) is 1. The number of hydrogen-bond donors (Lipinski definition) is 2. The van der Waals surface area contributed by atoms with Crippen LogP contribution in [0, 0.1) is 5.92 Å². The Bertz CT molecular complexity index is 577. The number of nitrogens with two attached hydrogens (primary N) is 1. The molecule has 1 aromatic carbocycles. The first-order valence-corrected chi connectivity index (χ1v) is 7.04. The Hall–Kier alpha value is -1.94. The Morgan fingerprint density at radius 3 is 2.95 bits per heavy atom. The van der Waals surface area contributed by atoms with E-state index in [4.69, 9.17) is 5.73 Å². The van der Waals surface area contributed by atoms with Crippen molar-refractivity contribution in [1.82, 2.24) is 10.3 Å². The first kappa shape index (κ1) is 14.5. The molecule has 1 aromatic heterocycles. The van der Waals surface area contributed by atoms with Crippen LogP contribution in [0.5, 0.6) is 0 Å². The van der Waals surface area contributed by atoms with E-state index in [2.05, 4.69) is 17.2 Å². The maximum atomic E-state index is 12.2. The van der Waals surface area contributed by atoms with Crippen LogP contribution in [0.4, 0.5) is 0 Å². The number of benzene rings is 1. The van der Waals surface area contributed by atoms with E-state index in [0.717, 1.165) is 23.7 Å². The topological polar surface area (TPSA) is 68.0 Å². The van der Waals surface area contributed by atoms with E-state index in [1.807, 2.05) is 30.3 Å². The van der Waals surface area contributed by atoms with Crippen LogP contribution in [0.25, 0.3) is 10.9 Å². The summed E-state index contributed by atoms with van der Waals surface area (Å²) in [5, 5.41) is 3.93. The molecule has 0 aliphatic rings. The van der Waals surface area contributed by atoms with E-state index in [9.17, 15) is 4.79 Å². The number of fused-ring (bicyclic) bond motifs is 1. The van der Waals surface area contributed by atoms with Crippen molar-refractivity contribution >= 4 is 16.8 Å². The van der Waals surface area contributed by atoms with Gasteiger partial charge in [-0.15, -0.1) is 0 Å². The number of aromatic nitrogens is 1. The summed E-state index contributed by atoms with van der Waals surface area (Å²) in [6.07, 6.45) is 3.69. The molecule has 1 atom stereocenters. The summed E-state index contributed by atoms with van der Waals surface area (Å²) in [6, 6.07) is 9.49. The van der Waals surface area contributed by atoms with Gasteiger partial charge in [0.2, 0.25) is 0 Å². The third kappa shape index (κ3) is 3.54. The Labute approximate surface area is 119 Å². The van der Waals surface area contributed by atoms with E-state index >= 15 is 0 Å². The van der Waals surface area contributed by atoms with Gasteiger partial charge in [0.15, 0.2) is 0 Å². The second-order valence-corrected chi connectivity index (χ2v) is 5.12. The molecular weight excluding hydrogens is 250 g/mol. The van der Waals surface area contributed by atoms with Crippen LogP contribution >= 0.6 is 0 Å². The molecule has 2 aromatic rings. The monoisotopic (exact) mass is 271 g/mol.